The molecular formula is C29H34N2O3. The fourth-order valence-corrected chi connectivity index (χ4v) is 3.96. The van der Waals surface area contributed by atoms with E-state index in [1.807, 2.05) is 100 Å². The Bertz CT molecular complexity index is 1110. The lowest BCUT2D eigenvalue weighted by Crippen LogP contribution is -2.51. The molecule has 1 N–H and O–H groups in total. The Balaban J connectivity index is 1.91. The molecule has 2 amide bonds. The minimum atomic E-state index is -0.655. The summed E-state index contributed by atoms with van der Waals surface area (Å²) in [6, 6.07) is 23.0. The van der Waals surface area contributed by atoms with Gasteiger partial charge in [-0.05, 0) is 56.0 Å². The molecule has 5 nitrogen and oxygen atoms in total. The van der Waals surface area contributed by atoms with Crippen molar-refractivity contribution in [1.29, 1.82) is 0 Å². The zero-order valence-electron chi connectivity index (χ0n) is 20.5. The Morgan fingerprint density at radius 1 is 0.912 bits per heavy atom. The van der Waals surface area contributed by atoms with Crippen molar-refractivity contribution in [3.8, 4) is 5.75 Å². The number of hydrogen-bond acceptors (Lipinski definition) is 3. The first-order valence-corrected chi connectivity index (χ1v) is 11.7. The summed E-state index contributed by atoms with van der Waals surface area (Å²) < 4.78 is 5.94. The van der Waals surface area contributed by atoms with Crippen LogP contribution >= 0.6 is 0 Å². The van der Waals surface area contributed by atoms with Crippen LogP contribution in [0.4, 0.5) is 0 Å². The van der Waals surface area contributed by atoms with Crippen molar-refractivity contribution in [3.05, 3.63) is 101 Å². The van der Waals surface area contributed by atoms with E-state index < -0.39 is 6.04 Å². The van der Waals surface area contributed by atoms with Crippen LogP contribution in [0.25, 0.3) is 0 Å². The van der Waals surface area contributed by atoms with Crippen molar-refractivity contribution in [1.82, 2.24) is 10.2 Å². The number of hydrogen-bond donors (Lipinski definition) is 1. The second kappa shape index (κ2) is 12.0. The van der Waals surface area contributed by atoms with Crippen LogP contribution in [0.5, 0.6) is 5.75 Å². The number of benzene rings is 3. The van der Waals surface area contributed by atoms with E-state index in [0.717, 1.165) is 27.8 Å². The van der Waals surface area contributed by atoms with Crippen LogP contribution in [0, 0.1) is 20.8 Å². The summed E-state index contributed by atoms with van der Waals surface area (Å²) >= 11 is 0. The van der Waals surface area contributed by atoms with Gasteiger partial charge in [0.15, 0.2) is 6.61 Å². The lowest BCUT2D eigenvalue weighted by atomic mass is 10.0. The van der Waals surface area contributed by atoms with Crippen LogP contribution in [0.3, 0.4) is 0 Å². The van der Waals surface area contributed by atoms with E-state index in [0.29, 0.717) is 25.3 Å². The quantitative estimate of drug-likeness (QED) is 0.476. The Kier molecular flexibility index (Phi) is 8.86. The third kappa shape index (κ3) is 6.70. The molecule has 0 aliphatic rings. The maximum Gasteiger partial charge on any atom is 0.261 e. The maximum atomic E-state index is 13.6. The van der Waals surface area contributed by atoms with Gasteiger partial charge in [-0.1, -0.05) is 72.3 Å². The molecule has 0 saturated carbocycles. The summed E-state index contributed by atoms with van der Waals surface area (Å²) in [4.78, 5) is 28.4. The van der Waals surface area contributed by atoms with Gasteiger partial charge >= 0.3 is 0 Å². The van der Waals surface area contributed by atoms with E-state index in [1.54, 1.807) is 4.90 Å². The molecule has 0 spiro atoms. The lowest BCUT2D eigenvalue weighted by molar-refractivity contribution is -0.142. The molecular weight excluding hydrogens is 424 g/mol. The zero-order chi connectivity index (χ0) is 24.5. The molecule has 3 aromatic rings. The van der Waals surface area contributed by atoms with Gasteiger partial charge in [0.25, 0.3) is 5.91 Å². The highest BCUT2D eigenvalue weighted by atomic mass is 16.5. The van der Waals surface area contributed by atoms with Crippen LogP contribution in [0.2, 0.25) is 0 Å². The zero-order valence-corrected chi connectivity index (χ0v) is 20.5. The van der Waals surface area contributed by atoms with E-state index in [-0.39, 0.29) is 18.4 Å². The van der Waals surface area contributed by atoms with Crippen LogP contribution in [-0.4, -0.2) is 35.9 Å². The van der Waals surface area contributed by atoms with Crippen molar-refractivity contribution in [2.75, 3.05) is 13.2 Å². The van der Waals surface area contributed by atoms with Gasteiger partial charge in [-0.25, -0.2) is 0 Å². The second-order valence-corrected chi connectivity index (χ2v) is 8.60. The lowest BCUT2D eigenvalue weighted by Gasteiger charge is -2.31. The Hall–Kier alpha value is -3.60. The van der Waals surface area contributed by atoms with Gasteiger partial charge in [0.2, 0.25) is 5.91 Å². The number of amides is 2. The van der Waals surface area contributed by atoms with Gasteiger partial charge in [0, 0.05) is 19.5 Å². The summed E-state index contributed by atoms with van der Waals surface area (Å²) in [5, 5.41) is 2.92. The van der Waals surface area contributed by atoms with Crippen molar-refractivity contribution in [3.63, 3.8) is 0 Å². The minimum Gasteiger partial charge on any atom is -0.483 e. The SMILES string of the molecule is CCNC(=O)C(Cc1ccccc1)N(Cc1cccc(C)c1)C(=O)COc1cccc(C)c1C. The fourth-order valence-electron chi connectivity index (χ4n) is 3.96. The smallest absolute Gasteiger partial charge is 0.261 e. The molecule has 0 heterocycles. The molecule has 0 aromatic heterocycles. The summed E-state index contributed by atoms with van der Waals surface area (Å²) in [5.41, 5.74) is 5.18. The van der Waals surface area contributed by atoms with Gasteiger partial charge < -0.3 is 15.0 Å². The van der Waals surface area contributed by atoms with Gasteiger partial charge in [-0.2, -0.15) is 0 Å². The molecule has 3 rings (SSSR count). The molecule has 5 heteroatoms. The molecule has 0 aliphatic carbocycles. The summed E-state index contributed by atoms with van der Waals surface area (Å²) in [5.74, 6) is 0.287. The molecule has 0 saturated heterocycles. The number of ether oxygens (including phenoxy) is 1. The standard InChI is InChI=1S/C29H34N2O3/c1-5-30-29(33)26(18-24-13-7-6-8-14-24)31(19-25-15-9-11-21(2)17-25)28(32)20-34-27-16-10-12-22(3)23(27)4/h6-17,26H,5,18-20H2,1-4H3,(H,30,33). The predicted molar refractivity (Wildman–Crippen MR) is 136 cm³/mol. The second-order valence-electron chi connectivity index (χ2n) is 8.60. The summed E-state index contributed by atoms with van der Waals surface area (Å²) in [6.07, 6.45) is 0.424. The molecule has 3 aromatic carbocycles. The van der Waals surface area contributed by atoms with Crippen molar-refractivity contribution < 1.29 is 14.3 Å². The summed E-state index contributed by atoms with van der Waals surface area (Å²) in [6.45, 7) is 8.58. The molecule has 0 radical (unpaired) electrons. The molecule has 34 heavy (non-hydrogen) atoms. The molecule has 1 atom stereocenters. The highest BCUT2D eigenvalue weighted by Gasteiger charge is 2.30. The first-order valence-electron chi connectivity index (χ1n) is 11.7. The van der Waals surface area contributed by atoms with E-state index in [2.05, 4.69) is 5.32 Å². The van der Waals surface area contributed by atoms with E-state index in [1.165, 1.54) is 0 Å². The van der Waals surface area contributed by atoms with Gasteiger partial charge in [-0.3, -0.25) is 9.59 Å². The Morgan fingerprint density at radius 3 is 2.32 bits per heavy atom. The number of likely N-dealkylation sites (N-methyl/N-ethyl adjacent to an activating group) is 1. The number of nitrogens with one attached hydrogen (secondary N) is 1. The van der Waals surface area contributed by atoms with Crippen LogP contribution in [-0.2, 0) is 22.6 Å². The Labute approximate surface area is 202 Å². The molecule has 0 bridgehead atoms. The minimum absolute atomic E-state index is 0.138. The molecule has 1 unspecified atom stereocenters. The molecule has 178 valence electrons. The predicted octanol–water partition coefficient (Wildman–Crippen LogP) is 4.77. The first kappa shape index (κ1) is 25.0. The van der Waals surface area contributed by atoms with Gasteiger partial charge in [0.05, 0.1) is 0 Å². The highest BCUT2D eigenvalue weighted by molar-refractivity contribution is 5.88. The van der Waals surface area contributed by atoms with Crippen molar-refractivity contribution >= 4 is 11.8 Å². The van der Waals surface area contributed by atoms with Crippen LogP contribution in [0.1, 0.15) is 34.7 Å². The molecule has 0 fully saturated rings. The van der Waals surface area contributed by atoms with Gasteiger partial charge in [-0.15, -0.1) is 0 Å². The molecule has 0 aliphatic heterocycles. The van der Waals surface area contributed by atoms with E-state index >= 15 is 0 Å². The normalized spacial score (nSPS) is 11.5. The van der Waals surface area contributed by atoms with E-state index in [4.69, 9.17) is 4.74 Å². The third-order valence-corrected chi connectivity index (χ3v) is 5.96. The summed E-state index contributed by atoms with van der Waals surface area (Å²) in [7, 11) is 0. The number of carbonyl (C=O) groups is 2. The van der Waals surface area contributed by atoms with Crippen molar-refractivity contribution in [2.45, 2.75) is 46.7 Å². The number of rotatable bonds is 10. The highest BCUT2D eigenvalue weighted by Crippen LogP contribution is 2.21. The first-order chi connectivity index (χ1) is 16.4. The largest absolute Gasteiger partial charge is 0.483 e. The average Bonchev–Trinajstić information content (AvgIpc) is 2.83. The Morgan fingerprint density at radius 2 is 1.62 bits per heavy atom. The third-order valence-electron chi connectivity index (χ3n) is 5.96. The van der Waals surface area contributed by atoms with Crippen LogP contribution < -0.4 is 10.1 Å². The maximum absolute atomic E-state index is 13.6. The average molecular weight is 459 g/mol. The topological polar surface area (TPSA) is 58.6 Å². The van der Waals surface area contributed by atoms with E-state index in [9.17, 15) is 9.59 Å². The number of carbonyl (C=O) groups excluding carboxylic acids is 2. The number of nitrogens with zero attached hydrogens (tertiary/aromatic N) is 1. The monoisotopic (exact) mass is 458 g/mol. The van der Waals surface area contributed by atoms with Gasteiger partial charge in [0.1, 0.15) is 11.8 Å². The number of aryl methyl sites for hydroxylation is 2. The van der Waals surface area contributed by atoms with Crippen LogP contribution in [0.15, 0.2) is 72.8 Å². The fraction of sp³-hybridized carbons (Fsp3) is 0.310. The van der Waals surface area contributed by atoms with Crippen molar-refractivity contribution in [2.24, 2.45) is 0 Å².